The van der Waals surface area contributed by atoms with Crippen molar-refractivity contribution in [2.24, 2.45) is 11.7 Å². The van der Waals surface area contributed by atoms with Gasteiger partial charge in [0.15, 0.2) is 0 Å². The highest BCUT2D eigenvalue weighted by Gasteiger charge is 2.19. The summed E-state index contributed by atoms with van der Waals surface area (Å²) in [7, 11) is 1.37. The number of rotatable bonds is 5. The Balaban J connectivity index is 2.11. The summed E-state index contributed by atoms with van der Waals surface area (Å²) < 4.78 is 4.71. The van der Waals surface area contributed by atoms with Crippen LogP contribution in [0, 0.1) is 5.92 Å². The van der Waals surface area contributed by atoms with Gasteiger partial charge in [-0.2, -0.15) is 5.10 Å². The van der Waals surface area contributed by atoms with E-state index in [0.717, 1.165) is 17.0 Å². The molecule has 1 aromatic carbocycles. The fourth-order valence-electron chi connectivity index (χ4n) is 1.92. The lowest BCUT2D eigenvalue weighted by atomic mass is 10.0. The first-order valence-corrected chi connectivity index (χ1v) is 6.12. The van der Waals surface area contributed by atoms with Crippen molar-refractivity contribution >= 4 is 5.97 Å². The van der Waals surface area contributed by atoms with Crippen molar-refractivity contribution in [2.75, 3.05) is 13.7 Å². The minimum atomic E-state index is -0.339. The summed E-state index contributed by atoms with van der Waals surface area (Å²) in [5, 5.41) is 7.18. The van der Waals surface area contributed by atoms with Crippen LogP contribution in [0.1, 0.15) is 5.69 Å². The van der Waals surface area contributed by atoms with Crippen LogP contribution in [0.5, 0.6) is 0 Å². The zero-order valence-corrected chi connectivity index (χ0v) is 10.8. The smallest absolute Gasteiger partial charge is 0.310 e. The third-order valence-electron chi connectivity index (χ3n) is 2.99. The second kappa shape index (κ2) is 6.15. The third-order valence-corrected chi connectivity index (χ3v) is 2.99. The summed E-state index contributed by atoms with van der Waals surface area (Å²) >= 11 is 0. The highest BCUT2D eigenvalue weighted by atomic mass is 16.5. The van der Waals surface area contributed by atoms with E-state index in [1.807, 2.05) is 36.4 Å². The van der Waals surface area contributed by atoms with Crippen LogP contribution in [0.4, 0.5) is 0 Å². The molecule has 2 rings (SSSR count). The maximum absolute atomic E-state index is 11.5. The van der Waals surface area contributed by atoms with Crippen molar-refractivity contribution in [3.8, 4) is 11.3 Å². The Labute approximate surface area is 111 Å². The van der Waals surface area contributed by atoms with Crippen molar-refractivity contribution in [3.05, 3.63) is 42.1 Å². The molecule has 1 atom stereocenters. The number of methoxy groups -OCH3 is 1. The first kappa shape index (κ1) is 13.3. The molecule has 0 fully saturated rings. The van der Waals surface area contributed by atoms with Crippen LogP contribution < -0.4 is 5.73 Å². The minimum absolute atomic E-state index is 0.256. The number of hydrogen-bond acceptors (Lipinski definition) is 4. The van der Waals surface area contributed by atoms with Crippen molar-refractivity contribution < 1.29 is 9.53 Å². The number of H-pyrrole nitrogens is 1. The van der Waals surface area contributed by atoms with E-state index in [1.54, 1.807) is 0 Å². The average molecular weight is 259 g/mol. The Morgan fingerprint density at radius 1 is 1.42 bits per heavy atom. The monoisotopic (exact) mass is 259 g/mol. The Hall–Kier alpha value is -2.14. The highest BCUT2D eigenvalue weighted by Crippen LogP contribution is 2.18. The van der Waals surface area contributed by atoms with E-state index < -0.39 is 0 Å². The number of nitrogens with one attached hydrogen (secondary N) is 1. The maximum atomic E-state index is 11.5. The quantitative estimate of drug-likeness (QED) is 0.795. The van der Waals surface area contributed by atoms with E-state index in [1.165, 1.54) is 7.11 Å². The normalized spacial score (nSPS) is 12.1. The molecule has 0 aliphatic carbocycles. The summed E-state index contributed by atoms with van der Waals surface area (Å²) in [4.78, 5) is 11.5. The van der Waals surface area contributed by atoms with Crippen LogP contribution in [0.3, 0.4) is 0 Å². The molecule has 100 valence electrons. The summed E-state index contributed by atoms with van der Waals surface area (Å²) in [5.74, 6) is -0.632. The lowest BCUT2D eigenvalue weighted by Crippen LogP contribution is -2.26. The molecular formula is C14H17N3O2. The zero-order valence-electron chi connectivity index (χ0n) is 10.8. The van der Waals surface area contributed by atoms with E-state index >= 15 is 0 Å². The Bertz CT molecular complexity index is 537. The molecule has 0 radical (unpaired) electrons. The van der Waals surface area contributed by atoms with Gasteiger partial charge in [0.2, 0.25) is 0 Å². The van der Waals surface area contributed by atoms with Crippen LogP contribution in [0.2, 0.25) is 0 Å². The summed E-state index contributed by atoms with van der Waals surface area (Å²) in [6, 6.07) is 11.8. The van der Waals surface area contributed by atoms with Crippen molar-refractivity contribution in [1.82, 2.24) is 10.2 Å². The number of hydrogen-bond donors (Lipinski definition) is 2. The van der Waals surface area contributed by atoms with Crippen LogP contribution in [0.15, 0.2) is 36.4 Å². The first-order chi connectivity index (χ1) is 9.24. The number of benzene rings is 1. The average Bonchev–Trinajstić information content (AvgIpc) is 2.93. The van der Waals surface area contributed by atoms with Gasteiger partial charge in [0, 0.05) is 24.2 Å². The lowest BCUT2D eigenvalue weighted by molar-refractivity contribution is -0.145. The van der Waals surface area contributed by atoms with E-state index in [-0.39, 0.29) is 18.4 Å². The molecule has 0 aliphatic heterocycles. The molecular weight excluding hydrogens is 242 g/mol. The summed E-state index contributed by atoms with van der Waals surface area (Å²) in [5.41, 5.74) is 8.35. The fraction of sp³-hybridized carbons (Fsp3) is 0.286. The van der Waals surface area contributed by atoms with Gasteiger partial charge >= 0.3 is 5.97 Å². The lowest BCUT2D eigenvalue weighted by Gasteiger charge is -2.10. The number of nitrogens with two attached hydrogens (primary N) is 1. The Morgan fingerprint density at radius 3 is 2.79 bits per heavy atom. The molecule has 1 aromatic heterocycles. The number of ether oxygens (including phenoxy) is 1. The van der Waals surface area contributed by atoms with E-state index in [0.29, 0.717) is 6.42 Å². The van der Waals surface area contributed by atoms with Crippen molar-refractivity contribution in [3.63, 3.8) is 0 Å². The molecule has 0 saturated carbocycles. The standard InChI is InChI=1S/C14H17N3O2/c1-19-14(18)11(9-15)7-12-8-13(17-16-12)10-5-3-2-4-6-10/h2-6,8,11H,7,9,15H2,1H3,(H,16,17)/t11-/m1/s1. The van der Waals surface area contributed by atoms with Gasteiger partial charge < -0.3 is 10.5 Å². The molecule has 0 amide bonds. The van der Waals surface area contributed by atoms with Gasteiger partial charge in [-0.15, -0.1) is 0 Å². The summed E-state index contributed by atoms with van der Waals surface area (Å²) in [6.07, 6.45) is 0.503. The maximum Gasteiger partial charge on any atom is 0.310 e. The van der Waals surface area contributed by atoms with Gasteiger partial charge in [0.1, 0.15) is 0 Å². The number of carbonyl (C=O) groups is 1. The molecule has 1 heterocycles. The zero-order chi connectivity index (χ0) is 13.7. The van der Waals surface area contributed by atoms with E-state index in [9.17, 15) is 4.79 Å². The highest BCUT2D eigenvalue weighted by molar-refractivity contribution is 5.73. The van der Waals surface area contributed by atoms with Gasteiger partial charge in [-0.25, -0.2) is 0 Å². The Kier molecular flexibility index (Phi) is 4.30. The van der Waals surface area contributed by atoms with Crippen molar-refractivity contribution in [1.29, 1.82) is 0 Å². The van der Waals surface area contributed by atoms with Gasteiger partial charge in [0.05, 0.1) is 18.7 Å². The molecule has 0 spiro atoms. The molecule has 0 saturated heterocycles. The number of aromatic amines is 1. The number of nitrogens with zero attached hydrogens (tertiary/aromatic N) is 1. The van der Waals surface area contributed by atoms with Crippen LogP contribution in [-0.4, -0.2) is 29.8 Å². The molecule has 0 bridgehead atoms. The molecule has 0 aliphatic rings. The molecule has 3 N–H and O–H groups in total. The second-order valence-corrected chi connectivity index (χ2v) is 4.30. The van der Waals surface area contributed by atoms with E-state index in [4.69, 9.17) is 10.5 Å². The molecule has 19 heavy (non-hydrogen) atoms. The largest absolute Gasteiger partial charge is 0.469 e. The molecule has 5 heteroatoms. The van der Waals surface area contributed by atoms with Crippen LogP contribution in [-0.2, 0) is 16.0 Å². The molecule has 0 unspecified atom stereocenters. The number of carbonyl (C=O) groups excluding carboxylic acids is 1. The second-order valence-electron chi connectivity index (χ2n) is 4.30. The van der Waals surface area contributed by atoms with Crippen LogP contribution in [0.25, 0.3) is 11.3 Å². The summed E-state index contributed by atoms with van der Waals surface area (Å²) in [6.45, 7) is 0.256. The van der Waals surface area contributed by atoms with Crippen molar-refractivity contribution in [2.45, 2.75) is 6.42 Å². The van der Waals surface area contributed by atoms with Gasteiger partial charge in [0.25, 0.3) is 0 Å². The predicted molar refractivity (Wildman–Crippen MR) is 72.3 cm³/mol. The first-order valence-electron chi connectivity index (χ1n) is 6.12. The van der Waals surface area contributed by atoms with E-state index in [2.05, 4.69) is 10.2 Å². The third kappa shape index (κ3) is 3.20. The topological polar surface area (TPSA) is 81.0 Å². The van der Waals surface area contributed by atoms with Gasteiger partial charge in [-0.3, -0.25) is 9.89 Å². The SMILES string of the molecule is COC(=O)[C@@H](CN)Cc1cc(-c2ccccc2)n[nH]1. The van der Waals surface area contributed by atoms with Gasteiger partial charge in [-0.1, -0.05) is 30.3 Å². The predicted octanol–water partition coefficient (Wildman–Crippen LogP) is 1.37. The minimum Gasteiger partial charge on any atom is -0.469 e. The Morgan fingerprint density at radius 2 is 2.16 bits per heavy atom. The van der Waals surface area contributed by atoms with Crippen LogP contribution >= 0.6 is 0 Å². The number of aromatic nitrogens is 2. The number of esters is 1. The van der Waals surface area contributed by atoms with Gasteiger partial charge in [-0.05, 0) is 6.07 Å². The fourth-order valence-corrected chi connectivity index (χ4v) is 1.92. The molecule has 5 nitrogen and oxygen atoms in total. The molecule has 2 aromatic rings.